The number of amides is 3. The highest BCUT2D eigenvalue weighted by atomic mass is 16.2. The van der Waals surface area contributed by atoms with Crippen molar-refractivity contribution in [1.29, 1.82) is 0 Å². The molecule has 1 saturated heterocycles. The maximum absolute atomic E-state index is 12.4. The van der Waals surface area contributed by atoms with E-state index in [4.69, 9.17) is 0 Å². The molecule has 148 valence electrons. The topological polar surface area (TPSA) is 81.8 Å². The van der Waals surface area contributed by atoms with Crippen molar-refractivity contribution in [2.24, 2.45) is 5.41 Å². The first-order valence-corrected chi connectivity index (χ1v) is 9.35. The summed E-state index contributed by atoms with van der Waals surface area (Å²) in [5.74, 6) is -0.0844. The number of carbonyl (C=O) groups is 3. The number of carbonyl (C=O) groups excluding carboxylic acids is 3. The number of anilines is 1. The number of hydrogen-bond acceptors (Lipinski definition) is 4. The molecule has 2 rings (SSSR count). The summed E-state index contributed by atoms with van der Waals surface area (Å²) in [7, 11) is 0. The van der Waals surface area contributed by atoms with Crippen LogP contribution in [0.5, 0.6) is 0 Å². The second-order valence-electron chi connectivity index (χ2n) is 7.81. The van der Waals surface area contributed by atoms with Crippen LogP contribution in [-0.4, -0.2) is 61.9 Å². The third-order valence-corrected chi connectivity index (χ3v) is 4.49. The first-order valence-electron chi connectivity index (χ1n) is 9.35. The van der Waals surface area contributed by atoms with Crippen LogP contribution in [0.3, 0.4) is 0 Å². The van der Waals surface area contributed by atoms with Gasteiger partial charge >= 0.3 is 0 Å². The second-order valence-corrected chi connectivity index (χ2v) is 7.81. The van der Waals surface area contributed by atoms with E-state index in [2.05, 4.69) is 15.5 Å². The Labute approximate surface area is 161 Å². The van der Waals surface area contributed by atoms with E-state index < -0.39 is 0 Å². The third kappa shape index (κ3) is 5.98. The van der Waals surface area contributed by atoms with Crippen molar-refractivity contribution in [1.82, 2.24) is 15.5 Å². The maximum Gasteiger partial charge on any atom is 0.251 e. The lowest BCUT2D eigenvalue weighted by molar-refractivity contribution is -0.139. The zero-order valence-corrected chi connectivity index (χ0v) is 16.7. The molecular formula is C20H30N4O3. The molecule has 1 aliphatic heterocycles. The molecule has 7 heteroatoms. The van der Waals surface area contributed by atoms with E-state index in [1.165, 1.54) is 6.92 Å². The fourth-order valence-electron chi connectivity index (χ4n) is 2.98. The smallest absolute Gasteiger partial charge is 0.251 e. The highest BCUT2D eigenvalue weighted by Gasteiger charge is 2.29. The third-order valence-electron chi connectivity index (χ3n) is 4.49. The average molecular weight is 374 g/mol. The SMILES string of the molecule is CC(=O)NCCNC(=O)c1ccc(N2CCN(C(=O)C(C)(C)C)CC2)cc1. The molecule has 0 saturated carbocycles. The fraction of sp³-hybridized carbons (Fsp3) is 0.550. The average Bonchev–Trinajstić information content (AvgIpc) is 2.64. The number of rotatable bonds is 5. The van der Waals surface area contributed by atoms with Gasteiger partial charge in [0.15, 0.2) is 0 Å². The minimum atomic E-state index is -0.350. The van der Waals surface area contributed by atoms with Crippen LogP contribution in [0.4, 0.5) is 5.69 Å². The van der Waals surface area contributed by atoms with Gasteiger partial charge < -0.3 is 20.4 Å². The molecule has 27 heavy (non-hydrogen) atoms. The number of piperazine rings is 1. The van der Waals surface area contributed by atoms with E-state index >= 15 is 0 Å². The molecule has 3 amide bonds. The highest BCUT2D eigenvalue weighted by molar-refractivity contribution is 5.94. The number of benzene rings is 1. The first-order chi connectivity index (χ1) is 12.7. The summed E-state index contributed by atoms with van der Waals surface area (Å²) in [4.78, 5) is 39.4. The summed E-state index contributed by atoms with van der Waals surface area (Å²) in [5.41, 5.74) is 1.28. The molecule has 0 aromatic heterocycles. The van der Waals surface area contributed by atoms with Gasteiger partial charge in [0.25, 0.3) is 5.91 Å². The Kier molecular flexibility index (Phi) is 6.82. The van der Waals surface area contributed by atoms with Crippen molar-refractivity contribution in [2.75, 3.05) is 44.2 Å². The van der Waals surface area contributed by atoms with Gasteiger partial charge in [0.05, 0.1) is 0 Å². The summed E-state index contributed by atoms with van der Waals surface area (Å²) in [6.07, 6.45) is 0. The summed E-state index contributed by atoms with van der Waals surface area (Å²) >= 11 is 0. The molecule has 1 aromatic carbocycles. The van der Waals surface area contributed by atoms with Gasteiger partial charge in [0, 0.05) is 62.9 Å². The number of nitrogens with one attached hydrogen (secondary N) is 2. The quantitative estimate of drug-likeness (QED) is 0.760. The van der Waals surface area contributed by atoms with E-state index in [0.29, 0.717) is 31.7 Å². The van der Waals surface area contributed by atoms with Gasteiger partial charge in [-0.05, 0) is 24.3 Å². The van der Waals surface area contributed by atoms with Gasteiger partial charge in [-0.3, -0.25) is 14.4 Å². The van der Waals surface area contributed by atoms with Crippen LogP contribution in [-0.2, 0) is 9.59 Å². The van der Waals surface area contributed by atoms with Crippen molar-refractivity contribution in [3.63, 3.8) is 0 Å². The number of hydrogen-bond donors (Lipinski definition) is 2. The van der Waals surface area contributed by atoms with E-state index in [0.717, 1.165) is 18.8 Å². The van der Waals surface area contributed by atoms with Crippen LogP contribution in [0, 0.1) is 5.41 Å². The monoisotopic (exact) mass is 374 g/mol. The Morgan fingerprint density at radius 2 is 1.48 bits per heavy atom. The van der Waals surface area contributed by atoms with Crippen molar-refractivity contribution in [3.05, 3.63) is 29.8 Å². The maximum atomic E-state index is 12.4. The lowest BCUT2D eigenvalue weighted by Crippen LogP contribution is -2.51. The Hall–Kier alpha value is -2.57. The Balaban J connectivity index is 1.84. The highest BCUT2D eigenvalue weighted by Crippen LogP contribution is 2.21. The van der Waals surface area contributed by atoms with Gasteiger partial charge in [-0.2, -0.15) is 0 Å². The summed E-state index contributed by atoms with van der Waals surface area (Å²) in [6.45, 7) is 11.1. The molecule has 7 nitrogen and oxygen atoms in total. The standard InChI is InChI=1S/C20H30N4O3/c1-15(25)21-9-10-22-18(26)16-5-7-17(8-6-16)23-11-13-24(14-12-23)19(27)20(2,3)4/h5-8H,9-14H2,1-4H3,(H,21,25)(H,22,26). The van der Waals surface area contributed by atoms with Crippen LogP contribution in [0.25, 0.3) is 0 Å². The van der Waals surface area contributed by atoms with Gasteiger partial charge in [0.1, 0.15) is 0 Å². The Morgan fingerprint density at radius 3 is 2.00 bits per heavy atom. The van der Waals surface area contributed by atoms with Crippen LogP contribution < -0.4 is 15.5 Å². The van der Waals surface area contributed by atoms with Crippen LogP contribution in [0.15, 0.2) is 24.3 Å². The van der Waals surface area contributed by atoms with Gasteiger partial charge in [-0.15, -0.1) is 0 Å². The molecular weight excluding hydrogens is 344 g/mol. The Bertz CT molecular complexity index is 671. The molecule has 1 aliphatic rings. The fourth-order valence-corrected chi connectivity index (χ4v) is 2.98. The van der Waals surface area contributed by atoms with E-state index in [9.17, 15) is 14.4 Å². The molecule has 1 fully saturated rings. The molecule has 0 unspecified atom stereocenters. The molecule has 2 N–H and O–H groups in total. The predicted octanol–water partition coefficient (Wildman–Crippen LogP) is 1.25. The van der Waals surface area contributed by atoms with Gasteiger partial charge in [-0.1, -0.05) is 20.8 Å². The first kappa shape index (κ1) is 20.7. The van der Waals surface area contributed by atoms with E-state index in [-0.39, 0.29) is 23.1 Å². The lowest BCUT2D eigenvalue weighted by atomic mass is 9.94. The second kappa shape index (κ2) is 8.88. The molecule has 1 aromatic rings. The van der Waals surface area contributed by atoms with Crippen molar-refractivity contribution in [3.8, 4) is 0 Å². The van der Waals surface area contributed by atoms with Crippen LogP contribution in [0.1, 0.15) is 38.1 Å². The number of nitrogens with zero attached hydrogens (tertiary/aromatic N) is 2. The molecule has 0 aliphatic carbocycles. The summed E-state index contributed by atoms with van der Waals surface area (Å²) in [6, 6.07) is 7.47. The van der Waals surface area contributed by atoms with Gasteiger partial charge in [-0.25, -0.2) is 0 Å². The van der Waals surface area contributed by atoms with E-state index in [1.54, 1.807) is 12.1 Å². The van der Waals surface area contributed by atoms with Crippen LogP contribution >= 0.6 is 0 Å². The van der Waals surface area contributed by atoms with Crippen LogP contribution in [0.2, 0.25) is 0 Å². The van der Waals surface area contributed by atoms with Crippen molar-refractivity contribution in [2.45, 2.75) is 27.7 Å². The summed E-state index contributed by atoms with van der Waals surface area (Å²) < 4.78 is 0. The molecule has 0 spiro atoms. The molecule has 1 heterocycles. The molecule has 0 radical (unpaired) electrons. The Morgan fingerprint density at radius 1 is 0.926 bits per heavy atom. The lowest BCUT2D eigenvalue weighted by Gasteiger charge is -2.38. The van der Waals surface area contributed by atoms with E-state index in [1.807, 2.05) is 37.8 Å². The zero-order valence-electron chi connectivity index (χ0n) is 16.7. The summed E-state index contributed by atoms with van der Waals surface area (Å²) in [5, 5.41) is 5.41. The largest absolute Gasteiger partial charge is 0.368 e. The van der Waals surface area contributed by atoms with Crippen molar-refractivity contribution < 1.29 is 14.4 Å². The molecule has 0 atom stereocenters. The minimum absolute atomic E-state index is 0.113. The normalized spacial score (nSPS) is 14.7. The molecule has 0 bridgehead atoms. The zero-order chi connectivity index (χ0) is 20.0. The minimum Gasteiger partial charge on any atom is -0.368 e. The van der Waals surface area contributed by atoms with Gasteiger partial charge in [0.2, 0.25) is 11.8 Å². The predicted molar refractivity (Wildman–Crippen MR) is 106 cm³/mol. The van der Waals surface area contributed by atoms with Crippen molar-refractivity contribution >= 4 is 23.4 Å².